The van der Waals surface area contributed by atoms with Crippen molar-refractivity contribution in [3.05, 3.63) is 45.9 Å². The lowest BCUT2D eigenvalue weighted by Crippen LogP contribution is -2.36. The number of hydrogen-bond donors (Lipinski definition) is 2. The van der Waals surface area contributed by atoms with Crippen molar-refractivity contribution in [3.63, 3.8) is 0 Å². The number of guanidine groups is 1. The number of unbranched alkanes of at least 4 members (excludes halogenated alkanes) is 1. The van der Waals surface area contributed by atoms with Crippen LogP contribution >= 0.6 is 11.3 Å². The molecule has 0 saturated carbocycles. The Hall–Kier alpha value is -2.29. The highest BCUT2D eigenvalue weighted by molar-refractivity contribution is 7.09. The summed E-state index contributed by atoms with van der Waals surface area (Å²) in [5.74, 6) is 1.30. The molecule has 1 heterocycles. The van der Waals surface area contributed by atoms with Crippen LogP contribution in [0.1, 0.15) is 36.0 Å². The third kappa shape index (κ3) is 7.09. The van der Waals surface area contributed by atoms with Gasteiger partial charge in [0.25, 0.3) is 0 Å². The van der Waals surface area contributed by atoms with Gasteiger partial charge in [0.1, 0.15) is 10.8 Å². The highest BCUT2D eigenvalue weighted by atomic mass is 32.1. The number of alkyl halides is 3. The first kappa shape index (κ1) is 21.0. The molecule has 2 rings (SSSR count). The number of aliphatic imine (C=N–C) groups is 1. The molecule has 0 amide bonds. The molecular formula is C18H23F3N4OS. The molecule has 0 fully saturated rings. The van der Waals surface area contributed by atoms with E-state index >= 15 is 0 Å². The van der Waals surface area contributed by atoms with E-state index in [4.69, 9.17) is 4.74 Å². The van der Waals surface area contributed by atoms with Crippen molar-refractivity contribution in [3.8, 4) is 5.75 Å². The standard InChI is InChI=1S/C18H23F3N4OS/c1-3-4-8-26-14-7-5-6-13(9-14)10-23-17(22-2)24-11-16-25-15(12-27-16)18(19,20)21/h5-7,9,12H,3-4,8,10-11H2,1-2H3,(H2,22,23,24). The summed E-state index contributed by atoms with van der Waals surface area (Å²) in [4.78, 5) is 7.66. The highest BCUT2D eigenvalue weighted by Gasteiger charge is 2.33. The largest absolute Gasteiger partial charge is 0.494 e. The van der Waals surface area contributed by atoms with Crippen LogP contribution in [0.3, 0.4) is 0 Å². The molecule has 27 heavy (non-hydrogen) atoms. The van der Waals surface area contributed by atoms with Gasteiger partial charge in [-0.1, -0.05) is 25.5 Å². The second kappa shape index (κ2) is 10.1. The van der Waals surface area contributed by atoms with Crippen LogP contribution in [0, 0.1) is 0 Å². The van der Waals surface area contributed by atoms with Gasteiger partial charge in [0.2, 0.25) is 0 Å². The summed E-state index contributed by atoms with van der Waals surface area (Å²) in [6.45, 7) is 3.47. The number of benzene rings is 1. The average Bonchev–Trinajstić information content (AvgIpc) is 3.12. The molecule has 2 N–H and O–H groups in total. The summed E-state index contributed by atoms with van der Waals surface area (Å²) in [5.41, 5.74) is 0.146. The van der Waals surface area contributed by atoms with Gasteiger partial charge in [0.05, 0.1) is 13.2 Å². The molecule has 0 spiro atoms. The van der Waals surface area contributed by atoms with Crippen LogP contribution in [0.15, 0.2) is 34.6 Å². The fraction of sp³-hybridized carbons (Fsp3) is 0.444. The molecule has 0 aliphatic carbocycles. The lowest BCUT2D eigenvalue weighted by Gasteiger charge is -2.12. The number of nitrogens with zero attached hydrogens (tertiary/aromatic N) is 2. The topological polar surface area (TPSA) is 58.5 Å². The van der Waals surface area contributed by atoms with Crippen molar-refractivity contribution >= 4 is 17.3 Å². The van der Waals surface area contributed by atoms with Crippen LogP contribution in [0.5, 0.6) is 5.75 Å². The smallest absolute Gasteiger partial charge is 0.434 e. The summed E-state index contributed by atoms with van der Waals surface area (Å²) in [7, 11) is 1.60. The van der Waals surface area contributed by atoms with Crippen molar-refractivity contribution in [2.45, 2.75) is 39.0 Å². The zero-order chi connectivity index (χ0) is 19.7. The van der Waals surface area contributed by atoms with Crippen molar-refractivity contribution in [1.82, 2.24) is 15.6 Å². The molecule has 1 aromatic heterocycles. The Morgan fingerprint density at radius 3 is 2.70 bits per heavy atom. The van der Waals surface area contributed by atoms with Crippen molar-refractivity contribution < 1.29 is 17.9 Å². The van der Waals surface area contributed by atoms with E-state index in [-0.39, 0.29) is 6.54 Å². The van der Waals surface area contributed by atoms with E-state index in [1.54, 1.807) is 7.05 Å². The average molecular weight is 400 g/mol. The van der Waals surface area contributed by atoms with Crippen LogP contribution in [-0.4, -0.2) is 24.6 Å². The summed E-state index contributed by atoms with van der Waals surface area (Å²) in [6, 6.07) is 7.74. The summed E-state index contributed by atoms with van der Waals surface area (Å²) in [6.07, 6.45) is -2.34. The minimum absolute atomic E-state index is 0.167. The first-order valence-corrected chi connectivity index (χ1v) is 9.48. The Bertz CT molecular complexity index is 746. The Morgan fingerprint density at radius 2 is 2.04 bits per heavy atom. The van der Waals surface area contributed by atoms with Crippen molar-refractivity contribution in [2.24, 2.45) is 4.99 Å². The van der Waals surface area contributed by atoms with Crippen LogP contribution in [0.25, 0.3) is 0 Å². The lowest BCUT2D eigenvalue weighted by molar-refractivity contribution is -0.140. The van der Waals surface area contributed by atoms with Gasteiger partial charge in [-0.05, 0) is 24.1 Å². The van der Waals surface area contributed by atoms with Crippen LogP contribution in [-0.2, 0) is 19.3 Å². The van der Waals surface area contributed by atoms with E-state index in [1.807, 2.05) is 24.3 Å². The van der Waals surface area contributed by atoms with E-state index in [9.17, 15) is 13.2 Å². The number of rotatable bonds is 8. The Balaban J connectivity index is 1.83. The third-order valence-electron chi connectivity index (χ3n) is 3.60. The van der Waals surface area contributed by atoms with E-state index in [0.717, 1.165) is 40.9 Å². The number of nitrogens with one attached hydrogen (secondary N) is 2. The minimum atomic E-state index is -4.42. The molecule has 0 unspecified atom stereocenters. The summed E-state index contributed by atoms with van der Waals surface area (Å²) in [5, 5.41) is 7.45. The van der Waals surface area contributed by atoms with E-state index in [1.165, 1.54) is 0 Å². The zero-order valence-corrected chi connectivity index (χ0v) is 16.1. The van der Waals surface area contributed by atoms with Gasteiger partial charge < -0.3 is 15.4 Å². The van der Waals surface area contributed by atoms with Gasteiger partial charge in [0, 0.05) is 19.0 Å². The lowest BCUT2D eigenvalue weighted by atomic mass is 10.2. The number of hydrogen-bond acceptors (Lipinski definition) is 4. The maximum atomic E-state index is 12.6. The fourth-order valence-corrected chi connectivity index (χ4v) is 2.91. The quantitative estimate of drug-likeness (QED) is 0.396. The Morgan fingerprint density at radius 1 is 1.26 bits per heavy atom. The monoisotopic (exact) mass is 400 g/mol. The number of thiazole rings is 1. The predicted molar refractivity (Wildman–Crippen MR) is 101 cm³/mol. The van der Waals surface area contributed by atoms with Gasteiger partial charge >= 0.3 is 6.18 Å². The minimum Gasteiger partial charge on any atom is -0.494 e. The highest BCUT2D eigenvalue weighted by Crippen LogP contribution is 2.29. The van der Waals surface area contributed by atoms with Gasteiger partial charge in [-0.25, -0.2) is 4.98 Å². The fourth-order valence-electron chi connectivity index (χ4n) is 2.17. The molecule has 0 aliphatic heterocycles. The van der Waals surface area contributed by atoms with E-state index < -0.39 is 11.9 Å². The number of halogens is 3. The maximum absolute atomic E-state index is 12.6. The van der Waals surface area contributed by atoms with E-state index in [2.05, 4.69) is 27.5 Å². The first-order valence-electron chi connectivity index (χ1n) is 8.60. The van der Waals surface area contributed by atoms with Gasteiger partial charge in [0.15, 0.2) is 11.7 Å². The molecule has 0 aliphatic rings. The Kier molecular flexibility index (Phi) is 7.90. The maximum Gasteiger partial charge on any atom is 0.434 e. The molecule has 0 bridgehead atoms. The SMILES string of the molecule is CCCCOc1cccc(CNC(=NC)NCc2nc(C(F)(F)F)cs2)c1. The molecular weight excluding hydrogens is 377 g/mol. The predicted octanol–water partition coefficient (Wildman–Crippen LogP) is 4.21. The Labute approximate surface area is 160 Å². The number of ether oxygens (including phenoxy) is 1. The molecule has 0 saturated heterocycles. The van der Waals surface area contributed by atoms with Crippen molar-refractivity contribution in [1.29, 1.82) is 0 Å². The molecule has 148 valence electrons. The van der Waals surface area contributed by atoms with Crippen molar-refractivity contribution in [2.75, 3.05) is 13.7 Å². The molecule has 0 radical (unpaired) electrons. The molecule has 5 nitrogen and oxygen atoms in total. The second-order valence-corrected chi connectivity index (χ2v) is 6.70. The molecule has 0 atom stereocenters. The number of aromatic nitrogens is 1. The van der Waals surface area contributed by atoms with E-state index in [0.29, 0.717) is 24.1 Å². The van der Waals surface area contributed by atoms with Crippen LogP contribution < -0.4 is 15.4 Å². The van der Waals surface area contributed by atoms with Gasteiger partial charge in [-0.2, -0.15) is 13.2 Å². The zero-order valence-electron chi connectivity index (χ0n) is 15.3. The van der Waals surface area contributed by atoms with Gasteiger partial charge in [-0.3, -0.25) is 4.99 Å². The van der Waals surface area contributed by atoms with Crippen LogP contribution in [0.4, 0.5) is 13.2 Å². The second-order valence-electron chi connectivity index (χ2n) is 5.75. The summed E-state index contributed by atoms with van der Waals surface area (Å²) >= 11 is 0.962. The first-order chi connectivity index (χ1) is 12.9. The summed E-state index contributed by atoms with van der Waals surface area (Å²) < 4.78 is 43.4. The van der Waals surface area contributed by atoms with Crippen LogP contribution in [0.2, 0.25) is 0 Å². The normalized spacial score (nSPS) is 12.1. The van der Waals surface area contributed by atoms with Gasteiger partial charge in [-0.15, -0.1) is 11.3 Å². The molecule has 1 aromatic carbocycles. The third-order valence-corrected chi connectivity index (χ3v) is 4.45. The molecule has 9 heteroatoms. The molecule has 2 aromatic rings.